The number of aliphatic hydroxyl groups excluding tert-OH is 2. The van der Waals surface area contributed by atoms with E-state index in [2.05, 4.69) is 55.4 Å². The average molecular weight is 445 g/mol. The van der Waals surface area contributed by atoms with Crippen LogP contribution in [-0.4, -0.2) is 22.4 Å². The SMILES string of the molecule is CC(C)[C@@H]1CC[C@]2(C)CC[C@]3(C)[C@H](CC[C@@H]4[C@]5(C)C[C@H](O)[C@H](O)C(C)(C)[C@@H]5CC[C@]43C)[C@@H]12. The number of aliphatic hydroxyl groups is 2. The van der Waals surface area contributed by atoms with E-state index in [0.29, 0.717) is 28.1 Å². The minimum atomic E-state index is -0.586. The van der Waals surface area contributed by atoms with E-state index < -0.39 is 12.2 Å². The molecule has 2 nitrogen and oxygen atoms in total. The first-order valence-corrected chi connectivity index (χ1v) is 14.1. The number of fused-ring (bicyclic) bond motifs is 7. The summed E-state index contributed by atoms with van der Waals surface area (Å²) in [6.07, 6.45) is 10.6. The van der Waals surface area contributed by atoms with E-state index >= 15 is 0 Å². The Morgan fingerprint density at radius 2 is 1.41 bits per heavy atom. The molecule has 5 aliphatic carbocycles. The molecule has 0 heterocycles. The van der Waals surface area contributed by atoms with Gasteiger partial charge in [0.1, 0.15) is 0 Å². The molecule has 0 aromatic rings. The molecule has 5 aliphatic rings. The lowest BCUT2D eigenvalue weighted by molar-refractivity contribution is -0.263. The molecule has 0 radical (unpaired) electrons. The second-order valence-electron chi connectivity index (χ2n) is 15.3. The van der Waals surface area contributed by atoms with Crippen molar-refractivity contribution in [3.63, 3.8) is 0 Å². The summed E-state index contributed by atoms with van der Waals surface area (Å²) in [6, 6.07) is 0. The van der Waals surface area contributed by atoms with Gasteiger partial charge in [0.2, 0.25) is 0 Å². The molecule has 5 fully saturated rings. The van der Waals surface area contributed by atoms with Crippen molar-refractivity contribution in [1.29, 1.82) is 0 Å². The highest BCUT2D eigenvalue weighted by Crippen LogP contribution is 2.77. The topological polar surface area (TPSA) is 40.5 Å². The third kappa shape index (κ3) is 2.72. The van der Waals surface area contributed by atoms with Crippen LogP contribution in [0.1, 0.15) is 113 Å². The smallest absolute Gasteiger partial charge is 0.0852 e. The quantitative estimate of drug-likeness (QED) is 0.454. The first-order chi connectivity index (χ1) is 14.7. The van der Waals surface area contributed by atoms with E-state index in [-0.39, 0.29) is 10.8 Å². The molecular weight excluding hydrogens is 392 g/mol. The van der Waals surface area contributed by atoms with Gasteiger partial charge in [-0.1, -0.05) is 55.4 Å². The van der Waals surface area contributed by atoms with Crippen LogP contribution >= 0.6 is 0 Å². The molecule has 2 N–H and O–H groups in total. The highest BCUT2D eigenvalue weighted by molar-refractivity contribution is 5.19. The van der Waals surface area contributed by atoms with Gasteiger partial charge in [-0.2, -0.15) is 0 Å². The maximum Gasteiger partial charge on any atom is 0.0852 e. The zero-order valence-corrected chi connectivity index (χ0v) is 22.4. The predicted octanol–water partition coefficient (Wildman–Crippen LogP) is 7.08. The fraction of sp³-hybridized carbons (Fsp3) is 1.00. The minimum absolute atomic E-state index is 0.136. The fourth-order valence-electron chi connectivity index (χ4n) is 11.9. The third-order valence-corrected chi connectivity index (χ3v) is 13.7. The molecule has 0 aromatic carbocycles. The van der Waals surface area contributed by atoms with Gasteiger partial charge in [0, 0.05) is 0 Å². The van der Waals surface area contributed by atoms with Gasteiger partial charge >= 0.3 is 0 Å². The zero-order chi connectivity index (χ0) is 23.5. The maximum absolute atomic E-state index is 11.0. The van der Waals surface area contributed by atoms with Crippen LogP contribution in [0.25, 0.3) is 0 Å². The van der Waals surface area contributed by atoms with Crippen LogP contribution in [-0.2, 0) is 0 Å². The van der Waals surface area contributed by atoms with Crippen molar-refractivity contribution in [3.8, 4) is 0 Å². The van der Waals surface area contributed by atoms with Gasteiger partial charge < -0.3 is 10.2 Å². The Balaban J connectivity index is 1.55. The summed E-state index contributed by atoms with van der Waals surface area (Å²) in [7, 11) is 0. The van der Waals surface area contributed by atoms with Gasteiger partial charge in [-0.25, -0.2) is 0 Å². The van der Waals surface area contributed by atoms with Crippen molar-refractivity contribution >= 4 is 0 Å². The summed E-state index contributed by atoms with van der Waals surface area (Å²) in [5, 5.41) is 21.9. The molecule has 0 aliphatic heterocycles. The van der Waals surface area contributed by atoms with Crippen LogP contribution in [0.5, 0.6) is 0 Å². The van der Waals surface area contributed by atoms with Crippen LogP contribution in [0.4, 0.5) is 0 Å². The minimum Gasteiger partial charge on any atom is -0.390 e. The van der Waals surface area contributed by atoms with E-state index in [4.69, 9.17) is 0 Å². The van der Waals surface area contributed by atoms with Crippen molar-refractivity contribution in [1.82, 2.24) is 0 Å². The summed E-state index contributed by atoms with van der Waals surface area (Å²) in [5.41, 5.74) is 1.26. The fourth-order valence-corrected chi connectivity index (χ4v) is 11.9. The first-order valence-electron chi connectivity index (χ1n) is 14.1. The van der Waals surface area contributed by atoms with E-state index in [1.807, 2.05) is 0 Å². The number of hydrogen-bond acceptors (Lipinski definition) is 2. The zero-order valence-electron chi connectivity index (χ0n) is 22.4. The standard InChI is InChI=1S/C30H52O2/c1-18(2)19-11-13-27(5)15-16-29(7)20(24(19)27)9-10-23-28(6)17-21(31)25(32)26(3,4)22(28)12-14-30(23,29)8/h18-25,31-32H,9-17H2,1-8H3/t19-,20+,21-,22-,23+,24+,25-,27+,28+,29+,30+/m0/s1. The molecule has 2 heteroatoms. The van der Waals surface area contributed by atoms with Crippen molar-refractivity contribution < 1.29 is 10.2 Å². The molecule has 0 amide bonds. The van der Waals surface area contributed by atoms with Gasteiger partial charge in [0.25, 0.3) is 0 Å². The van der Waals surface area contributed by atoms with Gasteiger partial charge in [-0.15, -0.1) is 0 Å². The highest BCUT2D eigenvalue weighted by Gasteiger charge is 2.71. The Labute approximate surface area is 198 Å². The van der Waals surface area contributed by atoms with Crippen molar-refractivity contribution in [2.45, 2.75) is 125 Å². The average Bonchev–Trinajstić information content (AvgIpc) is 3.05. The lowest BCUT2D eigenvalue weighted by Gasteiger charge is -2.73. The van der Waals surface area contributed by atoms with Gasteiger partial charge in [-0.3, -0.25) is 0 Å². The summed E-state index contributed by atoms with van der Waals surface area (Å²) >= 11 is 0. The van der Waals surface area contributed by atoms with Crippen LogP contribution in [0.15, 0.2) is 0 Å². The molecule has 5 rings (SSSR count). The first kappa shape index (κ1) is 23.7. The molecule has 0 spiro atoms. The lowest BCUT2D eigenvalue weighted by Crippen LogP contribution is -2.68. The van der Waals surface area contributed by atoms with E-state index in [1.165, 1.54) is 51.4 Å². The highest BCUT2D eigenvalue weighted by atomic mass is 16.3. The Hall–Kier alpha value is -0.0800. The summed E-state index contributed by atoms with van der Waals surface area (Å²) in [5.74, 6) is 4.65. The molecule has 11 atom stereocenters. The lowest BCUT2D eigenvalue weighted by atomic mass is 9.32. The largest absolute Gasteiger partial charge is 0.390 e. The molecular formula is C30H52O2. The van der Waals surface area contributed by atoms with Gasteiger partial charge in [-0.05, 0) is 120 Å². The van der Waals surface area contributed by atoms with E-state index in [0.717, 1.165) is 30.1 Å². The van der Waals surface area contributed by atoms with Crippen molar-refractivity contribution in [2.75, 3.05) is 0 Å². The Kier molecular flexibility index (Phi) is 5.17. The molecule has 184 valence electrons. The van der Waals surface area contributed by atoms with Crippen LogP contribution in [0.2, 0.25) is 0 Å². The van der Waals surface area contributed by atoms with E-state index in [1.54, 1.807) is 0 Å². The molecule has 0 unspecified atom stereocenters. The second-order valence-corrected chi connectivity index (χ2v) is 15.3. The third-order valence-electron chi connectivity index (χ3n) is 13.7. The Morgan fingerprint density at radius 3 is 2.06 bits per heavy atom. The van der Waals surface area contributed by atoms with Crippen LogP contribution in [0.3, 0.4) is 0 Å². The summed E-state index contributed by atoms with van der Waals surface area (Å²) in [6.45, 7) is 20.0. The normalized spacial score (nSPS) is 59.2. The van der Waals surface area contributed by atoms with Gasteiger partial charge in [0.15, 0.2) is 0 Å². The molecule has 0 bridgehead atoms. The van der Waals surface area contributed by atoms with Crippen LogP contribution < -0.4 is 0 Å². The summed E-state index contributed by atoms with van der Waals surface area (Å²) < 4.78 is 0. The number of hydrogen-bond donors (Lipinski definition) is 2. The van der Waals surface area contributed by atoms with Crippen molar-refractivity contribution in [2.24, 2.45) is 62.6 Å². The monoisotopic (exact) mass is 444 g/mol. The van der Waals surface area contributed by atoms with Crippen molar-refractivity contribution in [3.05, 3.63) is 0 Å². The predicted molar refractivity (Wildman–Crippen MR) is 132 cm³/mol. The van der Waals surface area contributed by atoms with Gasteiger partial charge in [0.05, 0.1) is 12.2 Å². The Morgan fingerprint density at radius 1 is 0.719 bits per heavy atom. The molecule has 0 saturated heterocycles. The molecule has 32 heavy (non-hydrogen) atoms. The maximum atomic E-state index is 11.0. The van der Waals surface area contributed by atoms with Crippen LogP contribution in [0, 0.1) is 62.6 Å². The number of rotatable bonds is 1. The Bertz CT molecular complexity index is 758. The molecule has 5 saturated carbocycles. The molecule has 0 aromatic heterocycles. The second kappa shape index (κ2) is 6.99. The van der Waals surface area contributed by atoms with E-state index in [9.17, 15) is 10.2 Å². The summed E-state index contributed by atoms with van der Waals surface area (Å²) in [4.78, 5) is 0.